The first-order chi connectivity index (χ1) is 43.7. The van der Waals surface area contributed by atoms with Crippen LogP contribution in [-0.4, -0.2) is 97.5 Å². The first-order valence-electron chi connectivity index (χ1n) is 30.4. The van der Waals surface area contributed by atoms with E-state index in [2.05, 4.69) is 95.9 Å². The molecule has 1 amide bonds. The third-order valence-electron chi connectivity index (χ3n) is 15.8. The van der Waals surface area contributed by atoms with Gasteiger partial charge in [-0.25, -0.2) is 0 Å². The van der Waals surface area contributed by atoms with Gasteiger partial charge >= 0.3 is 11.9 Å². The molecule has 93 heavy (non-hydrogen) atoms. The summed E-state index contributed by atoms with van der Waals surface area (Å²) in [6.07, 6.45) is 0.366. The predicted molar refractivity (Wildman–Crippen MR) is 373 cm³/mol. The van der Waals surface area contributed by atoms with E-state index in [0.717, 1.165) is 88.6 Å². The average molecular weight is 1370 g/mol. The van der Waals surface area contributed by atoms with Crippen LogP contribution in [0.5, 0.6) is 0 Å². The molecule has 3 aliphatic rings. The number of carbonyl (C=O) groups excluding carboxylic acids is 3. The Morgan fingerprint density at radius 3 is 1.14 bits per heavy atom. The first-order valence-corrected chi connectivity index (χ1v) is 34.0. The number of ether oxygens (including phenoxy) is 2. The number of aromatic nitrogens is 9. The summed E-state index contributed by atoms with van der Waals surface area (Å²) in [5.41, 5.74) is 11.1. The van der Waals surface area contributed by atoms with Crippen molar-refractivity contribution in [3.63, 3.8) is 0 Å². The Hall–Kier alpha value is -7.53. The average Bonchev–Trinajstić information content (AvgIpc) is 1.61. The molecule has 0 bridgehead atoms. The number of methoxy groups -OCH3 is 1. The fraction of sp³-hybridized carbons (Fsp3) is 0.391. The molecule has 0 aliphatic carbocycles. The molecule has 0 fully saturated rings. The summed E-state index contributed by atoms with van der Waals surface area (Å²) in [6.45, 7) is 34.5. The maximum absolute atomic E-state index is 12.8. The molecule has 0 saturated carbocycles. The number of amides is 1. The molecular formula is C69H76Cl3N13O5S3. The molecule has 3 aromatic carbocycles. The summed E-state index contributed by atoms with van der Waals surface area (Å²) in [7, 11) is 1.38. The van der Waals surface area contributed by atoms with Gasteiger partial charge in [0.25, 0.3) is 0 Å². The zero-order valence-corrected chi connectivity index (χ0v) is 60.3. The largest absolute Gasteiger partial charge is 0.469 e. The third kappa shape index (κ3) is 14.4. The fourth-order valence-electron chi connectivity index (χ4n) is 11.4. The van der Waals surface area contributed by atoms with Crippen molar-refractivity contribution in [3.8, 4) is 15.0 Å². The second-order valence-electron chi connectivity index (χ2n) is 26.3. The molecule has 3 atom stereocenters. The van der Waals surface area contributed by atoms with Gasteiger partial charge < -0.3 is 14.8 Å². The number of esters is 2. The lowest BCUT2D eigenvalue weighted by molar-refractivity contribution is -0.155. The molecule has 1 N–H and O–H groups in total. The molecule has 0 spiro atoms. The van der Waals surface area contributed by atoms with Crippen molar-refractivity contribution >= 4 is 104 Å². The van der Waals surface area contributed by atoms with Gasteiger partial charge in [0.1, 0.15) is 56.2 Å². The van der Waals surface area contributed by atoms with Gasteiger partial charge in [-0.2, -0.15) is 0 Å². The van der Waals surface area contributed by atoms with E-state index in [1.54, 1.807) is 34.0 Å². The summed E-state index contributed by atoms with van der Waals surface area (Å²) < 4.78 is 16.6. The SMILES string of the molecule is COC(=O)C[C@@H]1N=C(c2ccc(Cl)cc2)c2c(sc(C(C)(C)C)c2C)-n2c(C)nnc21.Cc1sc2c(c1C)C(c1ccc(Cl)cc1)=N[C@@H](CC(=O)NC(C)(C)C)c1nnc(C)n1-2.Cc1sc2c(c1C)C(c1ccc(Cl)cc1)=N[C@@H](CC(=O)OC(C)(C)C)c1nnc(C)n1-2. The number of fused-ring (bicyclic) bond motifs is 9. The number of hydrogen-bond acceptors (Lipinski definition) is 17. The Bertz CT molecular complexity index is 4260. The Kier molecular flexibility index (Phi) is 19.6. The van der Waals surface area contributed by atoms with E-state index in [-0.39, 0.29) is 48.1 Å². The molecule has 6 aromatic heterocycles. The molecule has 9 heterocycles. The van der Waals surface area contributed by atoms with E-state index < -0.39 is 23.7 Å². The predicted octanol–water partition coefficient (Wildman–Crippen LogP) is 16.0. The van der Waals surface area contributed by atoms with Crippen molar-refractivity contribution in [1.29, 1.82) is 0 Å². The number of thiophene rings is 3. The van der Waals surface area contributed by atoms with Crippen molar-refractivity contribution in [3.05, 3.63) is 188 Å². The molecule has 486 valence electrons. The smallest absolute Gasteiger partial charge is 0.308 e. The van der Waals surface area contributed by atoms with Crippen LogP contribution in [-0.2, 0) is 29.3 Å². The summed E-state index contributed by atoms with van der Waals surface area (Å²) in [5, 5.41) is 34.3. The van der Waals surface area contributed by atoms with Crippen LogP contribution in [0.25, 0.3) is 15.0 Å². The zero-order valence-electron chi connectivity index (χ0n) is 55.5. The van der Waals surface area contributed by atoms with Crippen molar-refractivity contribution in [2.24, 2.45) is 15.0 Å². The minimum atomic E-state index is -0.569. The van der Waals surface area contributed by atoms with E-state index in [4.69, 9.17) is 59.3 Å². The Morgan fingerprint density at radius 2 is 0.806 bits per heavy atom. The number of aryl methyl sites for hydroxylation is 5. The van der Waals surface area contributed by atoms with Gasteiger partial charge in [-0.15, -0.1) is 64.6 Å². The van der Waals surface area contributed by atoms with Crippen molar-refractivity contribution < 1.29 is 23.9 Å². The van der Waals surface area contributed by atoms with E-state index in [9.17, 15) is 14.4 Å². The number of hydrogen-bond donors (Lipinski definition) is 1. The number of aliphatic imine (C=N–C) groups is 3. The molecule has 18 nitrogen and oxygen atoms in total. The van der Waals surface area contributed by atoms with E-state index in [0.29, 0.717) is 32.5 Å². The van der Waals surface area contributed by atoms with Gasteiger partial charge in [0.15, 0.2) is 17.5 Å². The fourth-order valence-corrected chi connectivity index (χ4v) is 15.7. The summed E-state index contributed by atoms with van der Waals surface area (Å²) in [4.78, 5) is 56.7. The molecular weight excluding hydrogens is 1290 g/mol. The van der Waals surface area contributed by atoms with Gasteiger partial charge in [0.2, 0.25) is 5.91 Å². The minimum Gasteiger partial charge on any atom is -0.469 e. The Morgan fingerprint density at radius 1 is 0.473 bits per heavy atom. The van der Waals surface area contributed by atoms with Crippen LogP contribution in [0.1, 0.15) is 199 Å². The standard InChI is InChI=1S/C23H26ClN5OS.2C23H25ClN4O2S/c1-12-13(2)31-22-19(12)20(15-7-9-16(24)10-8-15)25-17(11-18(30)26-23(4,5)6)21-28-27-14(3)29(21)22;1-12-18-19(14-7-9-15(24)10-8-14)25-16(11-17(29)30-6)21-27-26-13(2)28(21)22(18)31-20(12)23(3,4)5;1-12-13(2)31-22-19(12)20(15-7-9-16(24)10-8-15)25-17(11-18(29)30-23(4,5)6)21-27-26-14(3)28(21)22/h7-10,17H,11H2,1-6H3,(H,26,30);7-10,16H,11H2,1-6H3;7-10,17H,11H2,1-6H3/t17-;16-;17-/m000/s1. The maximum atomic E-state index is 12.8. The highest BCUT2D eigenvalue weighted by Crippen LogP contribution is 2.46. The Labute approximate surface area is 569 Å². The van der Waals surface area contributed by atoms with Crippen LogP contribution < -0.4 is 5.32 Å². The lowest BCUT2D eigenvalue weighted by atomic mass is 9.89. The molecule has 24 heteroatoms. The van der Waals surface area contributed by atoms with E-state index in [1.165, 1.54) is 32.9 Å². The summed E-state index contributed by atoms with van der Waals surface area (Å²) in [5.74, 6) is 3.57. The van der Waals surface area contributed by atoms with Gasteiger partial charge in [0.05, 0.1) is 43.5 Å². The number of nitrogens with zero attached hydrogens (tertiary/aromatic N) is 12. The van der Waals surface area contributed by atoms with Crippen LogP contribution in [0.2, 0.25) is 15.1 Å². The molecule has 9 aromatic rings. The molecule has 0 unspecified atom stereocenters. The highest BCUT2D eigenvalue weighted by molar-refractivity contribution is 7.16. The van der Waals surface area contributed by atoms with Crippen LogP contribution in [0.4, 0.5) is 0 Å². The summed E-state index contributed by atoms with van der Waals surface area (Å²) >= 11 is 23.5. The van der Waals surface area contributed by atoms with E-state index in [1.807, 2.05) is 144 Å². The van der Waals surface area contributed by atoms with Crippen molar-refractivity contribution in [2.75, 3.05) is 7.11 Å². The molecule has 0 radical (unpaired) electrons. The number of rotatable bonds is 9. The number of halogens is 3. The van der Waals surface area contributed by atoms with Crippen molar-refractivity contribution in [2.45, 2.75) is 172 Å². The normalized spacial score (nSPS) is 15.7. The van der Waals surface area contributed by atoms with Crippen LogP contribution in [0.15, 0.2) is 87.8 Å². The molecule has 12 rings (SSSR count). The van der Waals surface area contributed by atoms with Gasteiger partial charge in [-0.1, -0.05) is 92.0 Å². The number of carbonyl (C=O) groups is 3. The number of benzene rings is 3. The summed E-state index contributed by atoms with van der Waals surface area (Å²) in [6, 6.07) is 21.5. The van der Waals surface area contributed by atoms with Gasteiger partial charge in [-0.05, 0) is 155 Å². The van der Waals surface area contributed by atoms with Crippen molar-refractivity contribution in [1.82, 2.24) is 49.6 Å². The monoisotopic (exact) mass is 1370 g/mol. The molecule has 3 aliphatic heterocycles. The second-order valence-corrected chi connectivity index (χ2v) is 31.0. The highest BCUT2D eigenvalue weighted by Gasteiger charge is 2.38. The molecule has 0 saturated heterocycles. The quantitative estimate of drug-likeness (QED) is 0.134. The van der Waals surface area contributed by atoms with Gasteiger partial charge in [0, 0.05) is 68.6 Å². The van der Waals surface area contributed by atoms with Crippen LogP contribution >= 0.6 is 68.8 Å². The third-order valence-corrected chi connectivity index (χ3v) is 20.6. The topological polar surface area (TPSA) is 211 Å². The Balaban J connectivity index is 0.000000153. The van der Waals surface area contributed by atoms with Gasteiger partial charge in [-0.3, -0.25) is 43.1 Å². The maximum Gasteiger partial charge on any atom is 0.308 e. The lowest BCUT2D eigenvalue weighted by Crippen LogP contribution is -2.41. The number of nitrogens with one attached hydrogen (secondary N) is 1. The van der Waals surface area contributed by atoms with Crippen LogP contribution in [0.3, 0.4) is 0 Å². The lowest BCUT2D eigenvalue weighted by Gasteiger charge is -2.21. The first kappa shape index (κ1) is 68.3. The highest BCUT2D eigenvalue weighted by atomic mass is 35.5. The second kappa shape index (κ2) is 26.7. The zero-order chi connectivity index (χ0) is 67.5. The van der Waals surface area contributed by atoms with Crippen LogP contribution in [0, 0.1) is 55.4 Å². The minimum absolute atomic E-state index is 0.0282. The van der Waals surface area contributed by atoms with E-state index >= 15 is 0 Å².